The van der Waals surface area contributed by atoms with E-state index in [1.807, 2.05) is 12.1 Å². The fourth-order valence-corrected chi connectivity index (χ4v) is 3.72. The molecular formula is C26H23Cl2N3O5. The van der Waals surface area contributed by atoms with Gasteiger partial charge in [0.2, 0.25) is 5.91 Å². The number of hydrazone groups is 1. The molecule has 0 bridgehead atoms. The Bertz CT molecular complexity index is 1310. The van der Waals surface area contributed by atoms with Crippen molar-refractivity contribution < 1.29 is 19.2 Å². The van der Waals surface area contributed by atoms with Gasteiger partial charge in [0.15, 0.2) is 11.5 Å². The van der Waals surface area contributed by atoms with Crippen molar-refractivity contribution in [2.24, 2.45) is 5.10 Å². The van der Waals surface area contributed by atoms with Gasteiger partial charge in [-0.2, -0.15) is 5.10 Å². The SMILES string of the molecule is C=CCc1cc(/C=N/NC(=O)Cc2ccccc2[N+](=O)[O-])cc(OC)c1OCc1ccc(Cl)c(Cl)c1. The van der Waals surface area contributed by atoms with Gasteiger partial charge in [-0.25, -0.2) is 5.43 Å². The molecule has 1 amide bonds. The Balaban J connectivity index is 1.74. The van der Waals surface area contributed by atoms with Crippen molar-refractivity contribution in [2.45, 2.75) is 19.4 Å². The molecule has 0 atom stereocenters. The highest BCUT2D eigenvalue weighted by molar-refractivity contribution is 6.42. The van der Waals surface area contributed by atoms with Gasteiger partial charge in [0.05, 0.1) is 34.7 Å². The summed E-state index contributed by atoms with van der Waals surface area (Å²) in [4.78, 5) is 22.9. The van der Waals surface area contributed by atoms with E-state index in [4.69, 9.17) is 32.7 Å². The van der Waals surface area contributed by atoms with E-state index in [1.165, 1.54) is 25.5 Å². The lowest BCUT2D eigenvalue weighted by atomic mass is 10.1. The molecule has 36 heavy (non-hydrogen) atoms. The molecule has 1 N–H and O–H groups in total. The minimum atomic E-state index is -0.523. The zero-order valence-electron chi connectivity index (χ0n) is 19.4. The largest absolute Gasteiger partial charge is 0.493 e. The second-order valence-corrected chi connectivity index (χ2v) is 8.41. The maximum atomic E-state index is 12.3. The van der Waals surface area contributed by atoms with Crippen molar-refractivity contribution >= 4 is 41.0 Å². The molecule has 0 unspecified atom stereocenters. The Morgan fingerprint density at radius 3 is 2.61 bits per heavy atom. The standard InChI is InChI=1S/C26H23Cl2N3O5/c1-3-6-20-11-18(15-29-30-25(32)14-19-7-4-5-8-23(19)31(33)34)13-24(35-2)26(20)36-16-17-9-10-21(27)22(28)12-17/h3-5,7-13,15H,1,6,14,16H2,2H3,(H,30,32)/b29-15+. The average molecular weight is 528 g/mol. The third-order valence-corrected chi connectivity index (χ3v) is 5.79. The second-order valence-electron chi connectivity index (χ2n) is 7.60. The Kier molecular flexibility index (Phi) is 9.44. The number of nitrogens with one attached hydrogen (secondary N) is 1. The number of methoxy groups -OCH3 is 1. The number of hydrogen-bond donors (Lipinski definition) is 1. The summed E-state index contributed by atoms with van der Waals surface area (Å²) in [6.07, 6.45) is 3.51. The number of nitro benzene ring substituents is 1. The van der Waals surface area contributed by atoms with Crippen LogP contribution >= 0.6 is 23.2 Å². The fraction of sp³-hybridized carbons (Fsp3) is 0.154. The van der Waals surface area contributed by atoms with Crippen LogP contribution in [0.5, 0.6) is 11.5 Å². The monoisotopic (exact) mass is 527 g/mol. The predicted molar refractivity (Wildman–Crippen MR) is 140 cm³/mol. The molecule has 186 valence electrons. The molecule has 0 fully saturated rings. The summed E-state index contributed by atoms with van der Waals surface area (Å²) < 4.78 is 11.6. The number of halogens is 2. The normalized spacial score (nSPS) is 10.8. The fourth-order valence-electron chi connectivity index (χ4n) is 3.40. The number of benzene rings is 3. The van der Waals surface area contributed by atoms with Crippen LogP contribution in [0.2, 0.25) is 10.0 Å². The van der Waals surface area contributed by atoms with Crippen LogP contribution in [-0.2, 0) is 24.2 Å². The topological polar surface area (TPSA) is 103 Å². The molecule has 0 radical (unpaired) electrons. The highest BCUT2D eigenvalue weighted by Gasteiger charge is 2.16. The van der Waals surface area contributed by atoms with E-state index >= 15 is 0 Å². The number of nitrogens with zero attached hydrogens (tertiary/aromatic N) is 2. The van der Waals surface area contributed by atoms with Crippen LogP contribution in [0.15, 0.2) is 72.4 Å². The average Bonchev–Trinajstić information content (AvgIpc) is 2.85. The van der Waals surface area contributed by atoms with Crippen LogP contribution < -0.4 is 14.9 Å². The van der Waals surface area contributed by atoms with Crippen molar-refractivity contribution in [3.05, 3.63) is 110 Å². The van der Waals surface area contributed by atoms with Gasteiger partial charge in [-0.3, -0.25) is 14.9 Å². The van der Waals surface area contributed by atoms with Gasteiger partial charge in [-0.15, -0.1) is 6.58 Å². The molecule has 0 aromatic heterocycles. The van der Waals surface area contributed by atoms with Gasteiger partial charge in [-0.05, 0) is 41.8 Å². The van der Waals surface area contributed by atoms with Crippen molar-refractivity contribution in [1.29, 1.82) is 0 Å². The molecule has 0 aliphatic carbocycles. The van der Waals surface area contributed by atoms with Gasteiger partial charge < -0.3 is 9.47 Å². The first-order valence-electron chi connectivity index (χ1n) is 10.7. The molecule has 0 heterocycles. The first kappa shape index (κ1) is 26.7. The van der Waals surface area contributed by atoms with E-state index in [0.717, 1.165) is 11.1 Å². The molecule has 0 aliphatic heterocycles. The van der Waals surface area contributed by atoms with E-state index < -0.39 is 10.8 Å². The zero-order chi connectivity index (χ0) is 26.1. The third kappa shape index (κ3) is 7.07. The summed E-state index contributed by atoms with van der Waals surface area (Å²) in [6, 6.07) is 14.9. The van der Waals surface area contributed by atoms with E-state index in [1.54, 1.807) is 36.4 Å². The van der Waals surface area contributed by atoms with Crippen molar-refractivity contribution in [3.8, 4) is 11.5 Å². The molecule has 0 aliphatic rings. The van der Waals surface area contributed by atoms with Gasteiger partial charge in [0.1, 0.15) is 6.61 Å². The summed E-state index contributed by atoms with van der Waals surface area (Å²) in [5, 5.41) is 16.0. The number of nitro groups is 1. The van der Waals surface area contributed by atoms with Crippen molar-refractivity contribution in [3.63, 3.8) is 0 Å². The molecule has 0 saturated carbocycles. The maximum absolute atomic E-state index is 12.3. The maximum Gasteiger partial charge on any atom is 0.273 e. The van der Waals surface area contributed by atoms with Crippen LogP contribution in [0.25, 0.3) is 0 Å². The number of carbonyl (C=O) groups is 1. The number of ether oxygens (including phenoxy) is 2. The molecule has 8 nitrogen and oxygen atoms in total. The Morgan fingerprint density at radius 2 is 1.92 bits per heavy atom. The van der Waals surface area contributed by atoms with Crippen LogP contribution in [-0.4, -0.2) is 24.2 Å². The van der Waals surface area contributed by atoms with Gasteiger partial charge in [0.25, 0.3) is 5.69 Å². The van der Waals surface area contributed by atoms with E-state index in [0.29, 0.717) is 39.1 Å². The number of carbonyl (C=O) groups excluding carboxylic acids is 1. The predicted octanol–water partition coefficient (Wildman–Crippen LogP) is 5.91. The zero-order valence-corrected chi connectivity index (χ0v) is 20.9. The quantitative estimate of drug-likeness (QED) is 0.144. The van der Waals surface area contributed by atoms with Gasteiger partial charge in [-0.1, -0.05) is 53.5 Å². The summed E-state index contributed by atoms with van der Waals surface area (Å²) in [6.45, 7) is 4.04. The molecule has 3 aromatic rings. The molecule has 3 aromatic carbocycles. The Morgan fingerprint density at radius 1 is 1.14 bits per heavy atom. The lowest BCUT2D eigenvalue weighted by Crippen LogP contribution is -2.20. The molecular weight excluding hydrogens is 505 g/mol. The number of hydrogen-bond acceptors (Lipinski definition) is 6. The Hall–Kier alpha value is -3.88. The van der Waals surface area contributed by atoms with Gasteiger partial charge >= 0.3 is 0 Å². The highest BCUT2D eigenvalue weighted by atomic mass is 35.5. The number of allylic oxidation sites excluding steroid dienone is 1. The first-order valence-corrected chi connectivity index (χ1v) is 11.5. The van der Waals surface area contributed by atoms with E-state index in [-0.39, 0.29) is 18.7 Å². The van der Waals surface area contributed by atoms with E-state index in [2.05, 4.69) is 17.1 Å². The smallest absolute Gasteiger partial charge is 0.273 e. The number of para-hydroxylation sites is 1. The molecule has 0 saturated heterocycles. The molecule has 10 heteroatoms. The van der Waals surface area contributed by atoms with E-state index in [9.17, 15) is 14.9 Å². The third-order valence-electron chi connectivity index (χ3n) is 5.05. The number of amides is 1. The number of rotatable bonds is 11. The lowest BCUT2D eigenvalue weighted by molar-refractivity contribution is -0.385. The summed E-state index contributed by atoms with van der Waals surface area (Å²) in [5.74, 6) is 0.531. The van der Waals surface area contributed by atoms with Crippen molar-refractivity contribution in [2.75, 3.05) is 7.11 Å². The van der Waals surface area contributed by atoms with Crippen LogP contribution in [0.1, 0.15) is 22.3 Å². The minimum absolute atomic E-state index is 0.119. The van der Waals surface area contributed by atoms with Crippen molar-refractivity contribution in [1.82, 2.24) is 5.43 Å². The second kappa shape index (κ2) is 12.7. The lowest BCUT2D eigenvalue weighted by Gasteiger charge is -2.16. The van der Waals surface area contributed by atoms with Gasteiger partial charge in [0, 0.05) is 17.2 Å². The first-order chi connectivity index (χ1) is 17.3. The Labute approximate surface area is 218 Å². The highest BCUT2D eigenvalue weighted by Crippen LogP contribution is 2.34. The summed E-state index contributed by atoms with van der Waals surface area (Å²) in [7, 11) is 1.52. The minimum Gasteiger partial charge on any atom is -0.493 e. The molecule has 0 spiro atoms. The molecule has 3 rings (SSSR count). The summed E-state index contributed by atoms with van der Waals surface area (Å²) >= 11 is 12.1. The van der Waals surface area contributed by atoms with Crippen LogP contribution in [0.3, 0.4) is 0 Å². The van der Waals surface area contributed by atoms with Crippen LogP contribution in [0, 0.1) is 10.1 Å². The van der Waals surface area contributed by atoms with Crippen LogP contribution in [0.4, 0.5) is 5.69 Å². The summed E-state index contributed by atoms with van der Waals surface area (Å²) in [5.41, 5.74) is 4.87.